The Labute approximate surface area is 89.3 Å². The summed E-state index contributed by atoms with van der Waals surface area (Å²) in [6, 6.07) is 0. The van der Waals surface area contributed by atoms with Crippen LogP contribution in [0.1, 0.15) is 31.1 Å². The highest BCUT2D eigenvalue weighted by atomic mass is 16.2. The van der Waals surface area contributed by atoms with Gasteiger partial charge in [-0.05, 0) is 6.72 Å². The van der Waals surface area contributed by atoms with Crippen LogP contribution in [0.25, 0.3) is 6.08 Å². The lowest BCUT2D eigenvalue weighted by atomic mass is 9.96. The summed E-state index contributed by atoms with van der Waals surface area (Å²) in [6.07, 6.45) is 3.16. The maximum absolute atomic E-state index is 12.0. The number of carbonyl (C=O) groups is 1. The van der Waals surface area contributed by atoms with Crippen LogP contribution >= 0.6 is 0 Å². The average Bonchev–Trinajstić information content (AvgIpc) is 2.57. The number of hydrogen-bond donors (Lipinski definition) is 0. The third-order valence-electron chi connectivity index (χ3n) is 1.97. The van der Waals surface area contributed by atoms with Crippen LogP contribution in [0.5, 0.6) is 0 Å². The summed E-state index contributed by atoms with van der Waals surface area (Å²) in [5.74, 6) is 0.336. The van der Waals surface area contributed by atoms with Crippen LogP contribution < -0.4 is 0 Å². The van der Waals surface area contributed by atoms with Crippen LogP contribution in [0, 0.1) is 5.41 Å². The minimum Gasteiger partial charge on any atom is -0.272 e. The molecule has 0 saturated heterocycles. The second-order valence-electron chi connectivity index (χ2n) is 4.25. The Morgan fingerprint density at radius 3 is 2.60 bits per heavy atom. The molecule has 0 aliphatic carbocycles. The van der Waals surface area contributed by atoms with Gasteiger partial charge in [0, 0.05) is 11.0 Å². The SMILES string of the molecule is C=Cc1cnn(C(=O)C(C)(C)C)c1N=C. The van der Waals surface area contributed by atoms with E-state index in [0.29, 0.717) is 11.4 Å². The van der Waals surface area contributed by atoms with Crippen molar-refractivity contribution in [2.75, 3.05) is 0 Å². The van der Waals surface area contributed by atoms with Gasteiger partial charge in [-0.1, -0.05) is 33.4 Å². The first kappa shape index (κ1) is 11.4. The maximum atomic E-state index is 12.0. The summed E-state index contributed by atoms with van der Waals surface area (Å²) in [4.78, 5) is 15.7. The van der Waals surface area contributed by atoms with E-state index in [1.165, 1.54) is 4.68 Å². The van der Waals surface area contributed by atoms with Crippen molar-refractivity contribution < 1.29 is 4.79 Å². The molecule has 0 N–H and O–H groups in total. The Hall–Kier alpha value is -1.71. The first-order valence-electron chi connectivity index (χ1n) is 4.63. The fraction of sp³-hybridized carbons (Fsp3) is 0.364. The minimum atomic E-state index is -0.496. The molecule has 80 valence electrons. The molecule has 1 rings (SSSR count). The van der Waals surface area contributed by atoms with Crippen molar-refractivity contribution in [2.45, 2.75) is 20.8 Å². The van der Waals surface area contributed by atoms with Gasteiger partial charge in [0.25, 0.3) is 5.91 Å². The second kappa shape index (κ2) is 3.81. The summed E-state index contributed by atoms with van der Waals surface area (Å²) < 4.78 is 1.27. The second-order valence-corrected chi connectivity index (χ2v) is 4.25. The molecule has 0 amide bonds. The number of hydrogen-bond acceptors (Lipinski definition) is 3. The van der Waals surface area contributed by atoms with Crippen LogP contribution in [0.3, 0.4) is 0 Å². The highest BCUT2D eigenvalue weighted by molar-refractivity contribution is 5.87. The number of carbonyl (C=O) groups excluding carboxylic acids is 1. The molecule has 4 nitrogen and oxygen atoms in total. The quantitative estimate of drug-likeness (QED) is 0.696. The molecule has 1 aromatic heterocycles. The van der Waals surface area contributed by atoms with Gasteiger partial charge in [-0.3, -0.25) is 4.79 Å². The van der Waals surface area contributed by atoms with Gasteiger partial charge >= 0.3 is 0 Å². The standard InChI is InChI=1S/C11H15N3O/c1-6-8-7-13-14(9(8)12-5)10(15)11(2,3)4/h6-7H,1,5H2,2-4H3. The van der Waals surface area contributed by atoms with E-state index in [-0.39, 0.29) is 5.91 Å². The zero-order chi connectivity index (χ0) is 11.6. The number of rotatable bonds is 2. The normalized spacial score (nSPS) is 11.1. The fourth-order valence-corrected chi connectivity index (χ4v) is 1.12. The van der Waals surface area contributed by atoms with E-state index in [1.807, 2.05) is 20.8 Å². The van der Waals surface area contributed by atoms with Crippen LogP contribution in [-0.2, 0) is 0 Å². The van der Waals surface area contributed by atoms with Gasteiger partial charge < -0.3 is 0 Å². The van der Waals surface area contributed by atoms with Crippen molar-refractivity contribution in [3.05, 3.63) is 18.3 Å². The lowest BCUT2D eigenvalue weighted by Gasteiger charge is -2.16. The molecule has 0 saturated carbocycles. The lowest BCUT2D eigenvalue weighted by molar-refractivity contribution is 0.0751. The molecule has 1 aromatic rings. The van der Waals surface area contributed by atoms with E-state index in [9.17, 15) is 4.79 Å². The summed E-state index contributed by atoms with van der Waals surface area (Å²) >= 11 is 0. The third kappa shape index (κ3) is 2.03. The number of nitrogens with zero attached hydrogens (tertiary/aromatic N) is 3. The molecule has 4 heteroatoms. The minimum absolute atomic E-state index is 0.113. The van der Waals surface area contributed by atoms with Gasteiger partial charge in [0.1, 0.15) is 0 Å². The molecule has 0 fully saturated rings. The lowest BCUT2D eigenvalue weighted by Crippen LogP contribution is -2.27. The smallest absolute Gasteiger partial charge is 0.254 e. The van der Waals surface area contributed by atoms with Gasteiger partial charge in [0.15, 0.2) is 5.82 Å². The van der Waals surface area contributed by atoms with E-state index in [2.05, 4.69) is 23.4 Å². The van der Waals surface area contributed by atoms with Gasteiger partial charge in [0.2, 0.25) is 0 Å². The maximum Gasteiger partial charge on any atom is 0.254 e. The Morgan fingerprint density at radius 1 is 1.60 bits per heavy atom. The fourth-order valence-electron chi connectivity index (χ4n) is 1.12. The zero-order valence-electron chi connectivity index (χ0n) is 9.32. The zero-order valence-corrected chi connectivity index (χ0v) is 9.32. The monoisotopic (exact) mass is 205 g/mol. The van der Waals surface area contributed by atoms with Gasteiger partial charge in [0.05, 0.1) is 6.20 Å². The van der Waals surface area contributed by atoms with Crippen molar-refractivity contribution in [3.63, 3.8) is 0 Å². The van der Waals surface area contributed by atoms with E-state index < -0.39 is 5.41 Å². The summed E-state index contributed by atoms with van der Waals surface area (Å²) in [7, 11) is 0. The molecular formula is C11H15N3O. The predicted molar refractivity (Wildman–Crippen MR) is 61.6 cm³/mol. The van der Waals surface area contributed by atoms with Crippen LogP contribution in [0.15, 0.2) is 17.8 Å². The Bertz CT molecular complexity index is 410. The third-order valence-corrected chi connectivity index (χ3v) is 1.97. The van der Waals surface area contributed by atoms with Gasteiger partial charge in [-0.2, -0.15) is 9.78 Å². The first-order chi connectivity index (χ1) is 6.91. The van der Waals surface area contributed by atoms with Crippen molar-refractivity contribution >= 4 is 24.5 Å². The molecule has 0 radical (unpaired) electrons. The van der Waals surface area contributed by atoms with Crippen molar-refractivity contribution in [1.82, 2.24) is 9.78 Å². The molecule has 1 heterocycles. The topological polar surface area (TPSA) is 47.2 Å². The average molecular weight is 205 g/mol. The van der Waals surface area contributed by atoms with Crippen molar-refractivity contribution in [1.29, 1.82) is 0 Å². The van der Waals surface area contributed by atoms with E-state index in [4.69, 9.17) is 0 Å². The molecule has 0 spiro atoms. The van der Waals surface area contributed by atoms with Crippen LogP contribution in [-0.4, -0.2) is 22.4 Å². The molecular weight excluding hydrogens is 190 g/mol. The number of aromatic nitrogens is 2. The van der Waals surface area contributed by atoms with E-state index >= 15 is 0 Å². The molecule has 0 bridgehead atoms. The molecule has 0 unspecified atom stereocenters. The predicted octanol–water partition coefficient (Wildman–Crippen LogP) is 2.54. The highest BCUT2D eigenvalue weighted by Crippen LogP contribution is 2.24. The largest absolute Gasteiger partial charge is 0.272 e. The Morgan fingerprint density at radius 2 is 2.20 bits per heavy atom. The summed E-state index contributed by atoms with van der Waals surface area (Å²) in [6.45, 7) is 12.5. The first-order valence-corrected chi connectivity index (χ1v) is 4.63. The molecule has 0 aliphatic heterocycles. The van der Waals surface area contributed by atoms with E-state index in [0.717, 1.165) is 0 Å². The molecule has 0 aliphatic rings. The van der Waals surface area contributed by atoms with Crippen LogP contribution in [0.4, 0.5) is 5.82 Å². The van der Waals surface area contributed by atoms with E-state index in [1.54, 1.807) is 12.3 Å². The summed E-state index contributed by atoms with van der Waals surface area (Å²) in [5.41, 5.74) is 0.215. The summed E-state index contributed by atoms with van der Waals surface area (Å²) in [5, 5.41) is 3.99. The van der Waals surface area contributed by atoms with Gasteiger partial charge in [-0.25, -0.2) is 4.99 Å². The van der Waals surface area contributed by atoms with Crippen LogP contribution in [0.2, 0.25) is 0 Å². The Kier molecular flexibility index (Phi) is 2.88. The van der Waals surface area contributed by atoms with Crippen molar-refractivity contribution in [3.8, 4) is 0 Å². The molecule has 0 aromatic carbocycles. The molecule has 0 atom stereocenters. The van der Waals surface area contributed by atoms with Crippen molar-refractivity contribution in [2.24, 2.45) is 10.4 Å². The highest BCUT2D eigenvalue weighted by Gasteiger charge is 2.26. The number of aliphatic imine (C=N–C) groups is 1. The van der Waals surface area contributed by atoms with Gasteiger partial charge in [-0.15, -0.1) is 0 Å². The molecule has 15 heavy (non-hydrogen) atoms. The Balaban J connectivity index is 3.27.